The van der Waals surface area contributed by atoms with Crippen LogP contribution in [-0.4, -0.2) is 42.5 Å². The Morgan fingerprint density at radius 1 is 1.17 bits per heavy atom. The first-order valence-corrected chi connectivity index (χ1v) is 5.44. The minimum absolute atomic E-state index is 0.574. The van der Waals surface area contributed by atoms with Crippen molar-refractivity contribution >= 4 is 11.6 Å². The monoisotopic (exact) mass is 302 g/mol. The van der Waals surface area contributed by atoms with Crippen LogP contribution in [0.3, 0.4) is 0 Å². The molecule has 0 aliphatic heterocycles. The molecule has 3 atom stereocenters. The molecular formula is C9H10ClF7O. The highest BCUT2D eigenvalue weighted by molar-refractivity contribution is 6.21. The predicted octanol–water partition coefficient (Wildman–Crippen LogP) is 3.65. The summed E-state index contributed by atoms with van der Waals surface area (Å²) in [5.74, 6) is -4.66. The molecule has 0 saturated heterocycles. The van der Waals surface area contributed by atoms with Crippen LogP contribution >= 0.6 is 11.6 Å². The molecule has 1 nitrogen and oxygen atoms in total. The molecule has 0 unspecified atom stereocenters. The SMILES string of the molecule is FCCO[C@@H]1CC(F)(F)[C@](F)(C(F)(F)F)C[C@H]1Cl. The maximum absolute atomic E-state index is 13.5. The summed E-state index contributed by atoms with van der Waals surface area (Å²) in [4.78, 5) is 0. The van der Waals surface area contributed by atoms with Crippen molar-refractivity contribution in [1.29, 1.82) is 0 Å². The fraction of sp³-hybridized carbons (Fsp3) is 1.00. The predicted molar refractivity (Wildman–Crippen MR) is 49.4 cm³/mol. The third kappa shape index (κ3) is 2.68. The molecule has 1 fully saturated rings. The quantitative estimate of drug-likeness (QED) is 0.571. The van der Waals surface area contributed by atoms with Crippen molar-refractivity contribution in [2.24, 2.45) is 0 Å². The van der Waals surface area contributed by atoms with Crippen molar-refractivity contribution in [3.05, 3.63) is 0 Å². The van der Waals surface area contributed by atoms with Crippen molar-refractivity contribution in [3.8, 4) is 0 Å². The average Bonchev–Trinajstić information content (AvgIpc) is 2.20. The van der Waals surface area contributed by atoms with Crippen molar-refractivity contribution in [2.75, 3.05) is 13.3 Å². The molecule has 1 aliphatic carbocycles. The normalized spacial score (nSPS) is 36.7. The van der Waals surface area contributed by atoms with E-state index in [0.717, 1.165) is 0 Å². The highest BCUT2D eigenvalue weighted by Crippen LogP contribution is 2.54. The number of halogens is 8. The summed E-state index contributed by atoms with van der Waals surface area (Å²) in [6, 6.07) is 0. The van der Waals surface area contributed by atoms with Crippen molar-refractivity contribution in [2.45, 2.75) is 42.1 Å². The third-order valence-corrected chi connectivity index (χ3v) is 3.21. The van der Waals surface area contributed by atoms with Crippen LogP contribution in [0.1, 0.15) is 12.8 Å². The van der Waals surface area contributed by atoms with Crippen LogP contribution in [0.5, 0.6) is 0 Å². The van der Waals surface area contributed by atoms with E-state index < -0.39 is 55.4 Å². The largest absolute Gasteiger partial charge is 0.428 e. The van der Waals surface area contributed by atoms with Crippen molar-refractivity contribution in [1.82, 2.24) is 0 Å². The molecule has 1 rings (SSSR count). The van der Waals surface area contributed by atoms with Gasteiger partial charge in [0.1, 0.15) is 6.67 Å². The summed E-state index contributed by atoms with van der Waals surface area (Å²) in [6.45, 7) is -1.57. The third-order valence-electron chi connectivity index (χ3n) is 2.78. The van der Waals surface area contributed by atoms with Gasteiger partial charge < -0.3 is 4.74 Å². The Morgan fingerprint density at radius 2 is 1.72 bits per heavy atom. The average molecular weight is 303 g/mol. The Hall–Kier alpha value is -0.240. The van der Waals surface area contributed by atoms with Crippen molar-refractivity contribution in [3.63, 3.8) is 0 Å². The van der Waals surface area contributed by atoms with Crippen LogP contribution < -0.4 is 0 Å². The van der Waals surface area contributed by atoms with Gasteiger partial charge in [0, 0.05) is 12.8 Å². The van der Waals surface area contributed by atoms with E-state index in [1.165, 1.54) is 0 Å². The summed E-state index contributed by atoms with van der Waals surface area (Å²) in [6.07, 6.45) is -10.4. The fourth-order valence-corrected chi connectivity index (χ4v) is 2.15. The molecule has 1 saturated carbocycles. The summed E-state index contributed by atoms with van der Waals surface area (Å²) in [5.41, 5.74) is -4.68. The molecular weight excluding hydrogens is 293 g/mol. The van der Waals surface area contributed by atoms with Gasteiger partial charge in [-0.25, -0.2) is 17.6 Å². The van der Waals surface area contributed by atoms with E-state index in [9.17, 15) is 30.7 Å². The van der Waals surface area contributed by atoms with Gasteiger partial charge in [-0.2, -0.15) is 13.2 Å². The van der Waals surface area contributed by atoms with Gasteiger partial charge in [0.15, 0.2) is 0 Å². The molecule has 0 spiro atoms. The second kappa shape index (κ2) is 5.03. The van der Waals surface area contributed by atoms with Gasteiger partial charge in [0.2, 0.25) is 0 Å². The molecule has 9 heteroatoms. The first-order valence-electron chi connectivity index (χ1n) is 5.00. The molecule has 0 radical (unpaired) electrons. The highest BCUT2D eigenvalue weighted by atomic mass is 35.5. The van der Waals surface area contributed by atoms with Gasteiger partial charge in [0.25, 0.3) is 11.6 Å². The summed E-state index contributed by atoms with van der Waals surface area (Å²) < 4.78 is 93.5. The molecule has 1 aliphatic rings. The topological polar surface area (TPSA) is 9.23 Å². The molecule has 0 aromatic rings. The van der Waals surface area contributed by atoms with Crippen LogP contribution in [0, 0.1) is 0 Å². The first kappa shape index (κ1) is 15.8. The van der Waals surface area contributed by atoms with Gasteiger partial charge in [-0.3, -0.25) is 0 Å². The Bertz CT molecular complexity index is 295. The van der Waals surface area contributed by atoms with E-state index in [1.807, 2.05) is 0 Å². The van der Waals surface area contributed by atoms with Gasteiger partial charge >= 0.3 is 6.18 Å². The molecule has 0 aromatic heterocycles. The Balaban J connectivity index is 2.90. The van der Waals surface area contributed by atoms with Gasteiger partial charge in [-0.15, -0.1) is 11.6 Å². The molecule has 108 valence electrons. The Kier molecular flexibility index (Phi) is 4.42. The summed E-state index contributed by atoms with van der Waals surface area (Å²) in [5, 5.41) is -1.59. The molecule has 18 heavy (non-hydrogen) atoms. The lowest BCUT2D eigenvalue weighted by Crippen LogP contribution is -2.62. The first-order chi connectivity index (χ1) is 8.05. The number of hydrogen-bond donors (Lipinski definition) is 0. The molecule has 0 aromatic carbocycles. The smallest absolute Gasteiger partial charge is 0.374 e. The minimum Gasteiger partial charge on any atom is -0.374 e. The van der Waals surface area contributed by atoms with Crippen LogP contribution in [0.2, 0.25) is 0 Å². The Labute approximate surface area is 103 Å². The van der Waals surface area contributed by atoms with E-state index in [1.54, 1.807) is 0 Å². The number of ether oxygens (including phenoxy) is 1. The van der Waals surface area contributed by atoms with E-state index >= 15 is 0 Å². The zero-order valence-corrected chi connectivity index (χ0v) is 9.67. The molecule has 0 N–H and O–H groups in total. The van der Waals surface area contributed by atoms with Gasteiger partial charge in [-0.1, -0.05) is 0 Å². The number of alkyl halides is 8. The number of rotatable bonds is 3. The maximum Gasteiger partial charge on any atom is 0.428 e. The summed E-state index contributed by atoms with van der Waals surface area (Å²) in [7, 11) is 0. The van der Waals surface area contributed by atoms with E-state index in [4.69, 9.17) is 11.6 Å². The molecule has 0 heterocycles. The zero-order chi connectivity index (χ0) is 14.2. The van der Waals surface area contributed by atoms with Crippen LogP contribution in [-0.2, 0) is 4.74 Å². The molecule has 0 amide bonds. The Morgan fingerprint density at radius 3 is 2.17 bits per heavy atom. The van der Waals surface area contributed by atoms with E-state index in [0.29, 0.717) is 0 Å². The van der Waals surface area contributed by atoms with Gasteiger partial charge in [-0.05, 0) is 0 Å². The van der Waals surface area contributed by atoms with Crippen LogP contribution in [0.15, 0.2) is 0 Å². The lowest BCUT2D eigenvalue weighted by atomic mass is 9.80. The lowest BCUT2D eigenvalue weighted by molar-refractivity contribution is -0.321. The van der Waals surface area contributed by atoms with Gasteiger partial charge in [0.05, 0.1) is 18.1 Å². The van der Waals surface area contributed by atoms with Crippen molar-refractivity contribution < 1.29 is 35.5 Å². The lowest BCUT2D eigenvalue weighted by Gasteiger charge is -2.43. The standard InChI is InChI=1S/C9H10ClF7O/c10-5-3-7(12,9(15,16)17)8(13,14)4-6(5)18-2-1-11/h5-6H,1-4H2/t5-,6-,7+/m1/s1. The maximum atomic E-state index is 13.5. The second-order valence-corrected chi connectivity index (χ2v) is 4.59. The zero-order valence-electron chi connectivity index (χ0n) is 8.92. The molecule has 0 bridgehead atoms. The number of hydrogen-bond acceptors (Lipinski definition) is 1. The highest BCUT2D eigenvalue weighted by Gasteiger charge is 2.74. The van der Waals surface area contributed by atoms with E-state index in [2.05, 4.69) is 4.74 Å². The summed E-state index contributed by atoms with van der Waals surface area (Å²) >= 11 is 5.42. The second-order valence-electron chi connectivity index (χ2n) is 4.03. The van der Waals surface area contributed by atoms with Crippen LogP contribution in [0.25, 0.3) is 0 Å². The minimum atomic E-state index is -5.73. The van der Waals surface area contributed by atoms with E-state index in [-0.39, 0.29) is 0 Å². The fourth-order valence-electron chi connectivity index (χ4n) is 1.77. The van der Waals surface area contributed by atoms with Crippen LogP contribution in [0.4, 0.5) is 30.7 Å².